The molecule has 1 aromatic rings. The lowest BCUT2D eigenvalue weighted by atomic mass is 10.0. The van der Waals surface area contributed by atoms with E-state index >= 15 is 0 Å². The molecule has 2 unspecified atom stereocenters. The minimum atomic E-state index is 0.169. The smallest absolute Gasteiger partial charge is 0.119 e. The number of hydrogen-bond donors (Lipinski definition) is 1. The number of ether oxygens (including phenoxy) is 2. The maximum atomic E-state index is 5.42. The number of nitrogens with one attached hydrogen (secondary N) is 1. The molecule has 4 heteroatoms. The van der Waals surface area contributed by atoms with Gasteiger partial charge in [-0.3, -0.25) is 0 Å². The predicted octanol–water partition coefficient (Wildman–Crippen LogP) is 3.01. The molecule has 1 aromatic carbocycles. The van der Waals surface area contributed by atoms with E-state index < -0.39 is 0 Å². The fourth-order valence-corrected chi connectivity index (χ4v) is 2.31. The van der Waals surface area contributed by atoms with Crippen LogP contribution in [0.4, 0.5) is 0 Å². The van der Waals surface area contributed by atoms with Gasteiger partial charge in [0.2, 0.25) is 0 Å². The third kappa shape index (κ3) is 4.26. The van der Waals surface area contributed by atoms with E-state index in [1.165, 1.54) is 5.56 Å². The Morgan fingerprint density at radius 3 is 2.61 bits per heavy atom. The van der Waals surface area contributed by atoms with Crippen LogP contribution in [0.2, 0.25) is 0 Å². The van der Waals surface area contributed by atoms with Crippen molar-refractivity contribution in [3.63, 3.8) is 0 Å². The molecule has 0 saturated heterocycles. The lowest BCUT2D eigenvalue weighted by Crippen LogP contribution is -2.41. The molecule has 0 aromatic heterocycles. The van der Waals surface area contributed by atoms with Crippen LogP contribution in [-0.4, -0.2) is 32.9 Å². The highest BCUT2D eigenvalue weighted by atomic mass is 79.9. The standard InChI is InChI=1S/C14H22BrNO2/c1-5-16-14(10(2)17-3)9-11-8-12(18-4)6-7-13(11)15/h6-8,10,14,16H,5,9H2,1-4H3. The monoisotopic (exact) mass is 315 g/mol. The normalized spacial score (nSPS) is 14.3. The molecule has 0 amide bonds. The highest BCUT2D eigenvalue weighted by molar-refractivity contribution is 9.10. The summed E-state index contributed by atoms with van der Waals surface area (Å²) in [7, 11) is 3.43. The molecule has 0 bridgehead atoms. The van der Waals surface area contributed by atoms with E-state index in [1.807, 2.05) is 12.1 Å². The Bertz CT molecular complexity index is 371. The van der Waals surface area contributed by atoms with Crippen LogP contribution in [0, 0.1) is 0 Å². The summed E-state index contributed by atoms with van der Waals surface area (Å²) in [6.07, 6.45) is 1.07. The molecule has 18 heavy (non-hydrogen) atoms. The topological polar surface area (TPSA) is 30.5 Å². The maximum Gasteiger partial charge on any atom is 0.119 e. The Morgan fingerprint density at radius 2 is 2.06 bits per heavy atom. The fraction of sp³-hybridized carbons (Fsp3) is 0.571. The summed E-state index contributed by atoms with van der Waals surface area (Å²) in [5.41, 5.74) is 1.23. The predicted molar refractivity (Wildman–Crippen MR) is 78.3 cm³/mol. The third-order valence-electron chi connectivity index (χ3n) is 3.10. The van der Waals surface area contributed by atoms with Crippen LogP contribution in [0.1, 0.15) is 19.4 Å². The minimum absolute atomic E-state index is 0.169. The van der Waals surface area contributed by atoms with E-state index in [2.05, 4.69) is 41.2 Å². The number of rotatable bonds is 7. The molecule has 0 spiro atoms. The first-order chi connectivity index (χ1) is 8.62. The van der Waals surface area contributed by atoms with Crippen molar-refractivity contribution in [3.8, 4) is 5.75 Å². The molecule has 0 fully saturated rings. The van der Waals surface area contributed by atoms with Gasteiger partial charge < -0.3 is 14.8 Å². The van der Waals surface area contributed by atoms with Gasteiger partial charge >= 0.3 is 0 Å². The van der Waals surface area contributed by atoms with Crippen LogP contribution in [0.15, 0.2) is 22.7 Å². The van der Waals surface area contributed by atoms with Crippen LogP contribution in [0.5, 0.6) is 5.75 Å². The molecule has 0 heterocycles. The van der Waals surface area contributed by atoms with Crippen molar-refractivity contribution >= 4 is 15.9 Å². The molecular weight excluding hydrogens is 294 g/mol. The molecule has 1 N–H and O–H groups in total. The van der Waals surface area contributed by atoms with E-state index in [-0.39, 0.29) is 6.10 Å². The number of methoxy groups -OCH3 is 2. The van der Waals surface area contributed by atoms with Crippen LogP contribution < -0.4 is 10.1 Å². The zero-order chi connectivity index (χ0) is 13.5. The zero-order valence-electron chi connectivity index (χ0n) is 11.5. The van der Waals surface area contributed by atoms with Crippen LogP contribution in [0.25, 0.3) is 0 Å². The summed E-state index contributed by atoms with van der Waals surface area (Å²) in [4.78, 5) is 0. The van der Waals surface area contributed by atoms with Gasteiger partial charge in [0.25, 0.3) is 0 Å². The van der Waals surface area contributed by atoms with Crippen LogP contribution >= 0.6 is 15.9 Å². The summed E-state index contributed by atoms with van der Waals surface area (Å²) in [6.45, 7) is 5.12. The van der Waals surface area contributed by atoms with E-state index in [1.54, 1.807) is 14.2 Å². The second-order valence-corrected chi connectivity index (χ2v) is 5.12. The van der Waals surface area contributed by atoms with Gasteiger partial charge in [0.05, 0.1) is 13.2 Å². The van der Waals surface area contributed by atoms with Gasteiger partial charge in [0, 0.05) is 17.6 Å². The Hall–Kier alpha value is -0.580. The maximum absolute atomic E-state index is 5.42. The number of halogens is 1. The Balaban J connectivity index is 2.85. The van der Waals surface area contributed by atoms with Gasteiger partial charge in [0.15, 0.2) is 0 Å². The lowest BCUT2D eigenvalue weighted by molar-refractivity contribution is 0.0835. The first-order valence-electron chi connectivity index (χ1n) is 6.21. The quantitative estimate of drug-likeness (QED) is 0.839. The van der Waals surface area contributed by atoms with Crippen LogP contribution in [0.3, 0.4) is 0 Å². The molecule has 0 aliphatic heterocycles. The molecule has 0 aliphatic carbocycles. The first-order valence-corrected chi connectivity index (χ1v) is 7.00. The molecule has 102 valence electrons. The van der Waals surface area contributed by atoms with Crippen molar-refractivity contribution in [2.45, 2.75) is 32.4 Å². The highest BCUT2D eigenvalue weighted by Crippen LogP contribution is 2.24. The molecule has 2 atom stereocenters. The van der Waals surface area contributed by atoms with Gasteiger partial charge in [-0.25, -0.2) is 0 Å². The van der Waals surface area contributed by atoms with Crippen molar-refractivity contribution in [1.82, 2.24) is 5.32 Å². The number of benzene rings is 1. The van der Waals surface area contributed by atoms with Crippen molar-refractivity contribution in [2.75, 3.05) is 20.8 Å². The molecule has 0 aliphatic rings. The Labute approximate surface area is 118 Å². The molecule has 0 radical (unpaired) electrons. The van der Waals surface area contributed by atoms with Crippen molar-refractivity contribution in [3.05, 3.63) is 28.2 Å². The average Bonchev–Trinajstić information content (AvgIpc) is 2.39. The second kappa shape index (κ2) is 7.77. The molecule has 0 saturated carbocycles. The van der Waals surface area contributed by atoms with Crippen molar-refractivity contribution in [2.24, 2.45) is 0 Å². The lowest BCUT2D eigenvalue weighted by Gasteiger charge is -2.24. The third-order valence-corrected chi connectivity index (χ3v) is 3.87. The Kier molecular flexibility index (Phi) is 6.68. The molecule has 3 nitrogen and oxygen atoms in total. The van der Waals surface area contributed by atoms with E-state index in [4.69, 9.17) is 9.47 Å². The SMILES string of the molecule is CCNC(Cc1cc(OC)ccc1Br)C(C)OC. The van der Waals surface area contributed by atoms with Gasteiger partial charge in [0.1, 0.15) is 5.75 Å². The van der Waals surface area contributed by atoms with Gasteiger partial charge in [-0.1, -0.05) is 22.9 Å². The van der Waals surface area contributed by atoms with Gasteiger partial charge in [-0.15, -0.1) is 0 Å². The molecule has 1 rings (SSSR count). The van der Waals surface area contributed by atoms with E-state index in [0.29, 0.717) is 6.04 Å². The van der Waals surface area contributed by atoms with Crippen molar-refractivity contribution in [1.29, 1.82) is 0 Å². The highest BCUT2D eigenvalue weighted by Gasteiger charge is 2.17. The summed E-state index contributed by atoms with van der Waals surface area (Å²) in [5.74, 6) is 0.883. The van der Waals surface area contributed by atoms with Gasteiger partial charge in [-0.05, 0) is 43.7 Å². The average molecular weight is 316 g/mol. The van der Waals surface area contributed by atoms with E-state index in [0.717, 1.165) is 23.2 Å². The largest absolute Gasteiger partial charge is 0.497 e. The molecular formula is C14H22BrNO2. The zero-order valence-corrected chi connectivity index (χ0v) is 13.1. The summed E-state index contributed by atoms with van der Waals surface area (Å²) >= 11 is 3.59. The van der Waals surface area contributed by atoms with Gasteiger partial charge in [-0.2, -0.15) is 0 Å². The minimum Gasteiger partial charge on any atom is -0.497 e. The summed E-state index contributed by atoms with van der Waals surface area (Å²) in [5, 5.41) is 3.46. The van der Waals surface area contributed by atoms with Crippen molar-refractivity contribution < 1.29 is 9.47 Å². The van der Waals surface area contributed by atoms with E-state index in [9.17, 15) is 0 Å². The fourth-order valence-electron chi connectivity index (χ4n) is 1.90. The summed E-state index contributed by atoms with van der Waals surface area (Å²) in [6, 6.07) is 6.34. The number of likely N-dealkylation sites (N-methyl/N-ethyl adjacent to an activating group) is 1. The Morgan fingerprint density at radius 1 is 1.33 bits per heavy atom. The summed E-state index contributed by atoms with van der Waals surface area (Å²) < 4.78 is 11.8. The first kappa shape index (κ1) is 15.5. The van der Waals surface area contributed by atoms with Crippen LogP contribution in [-0.2, 0) is 11.2 Å². The second-order valence-electron chi connectivity index (χ2n) is 4.27. The number of hydrogen-bond acceptors (Lipinski definition) is 3.